The van der Waals surface area contributed by atoms with Gasteiger partial charge in [-0.25, -0.2) is 17.6 Å². The minimum Gasteiger partial charge on any atom is -0.379 e. The zero-order valence-corrected chi connectivity index (χ0v) is 20.4. The highest BCUT2D eigenvalue weighted by molar-refractivity contribution is 6.31. The minimum absolute atomic E-state index is 0.0843. The van der Waals surface area contributed by atoms with Crippen molar-refractivity contribution >= 4 is 40.8 Å². The van der Waals surface area contributed by atoms with Gasteiger partial charge in [0, 0.05) is 33.1 Å². The fourth-order valence-electron chi connectivity index (χ4n) is 4.22. The second-order valence-corrected chi connectivity index (χ2v) is 8.88. The van der Waals surface area contributed by atoms with Crippen LogP contribution in [0.25, 0.3) is 0 Å². The van der Waals surface area contributed by atoms with Gasteiger partial charge in [0.2, 0.25) is 5.97 Å². The molecule has 0 saturated heterocycles. The third-order valence-electron chi connectivity index (χ3n) is 5.83. The van der Waals surface area contributed by atoms with E-state index >= 15 is 0 Å². The van der Waals surface area contributed by atoms with Crippen LogP contribution in [0.3, 0.4) is 0 Å². The van der Waals surface area contributed by atoms with Crippen molar-refractivity contribution in [2.45, 2.75) is 18.6 Å². The van der Waals surface area contributed by atoms with E-state index in [4.69, 9.17) is 17.0 Å². The average Bonchev–Trinajstić information content (AvgIpc) is 3.20. The summed E-state index contributed by atoms with van der Waals surface area (Å²) in [5, 5.41) is 14.2. The Balaban J connectivity index is 1.93. The summed E-state index contributed by atoms with van der Waals surface area (Å²) in [4.78, 5) is 26.0. The van der Waals surface area contributed by atoms with Crippen LogP contribution in [0.2, 0.25) is 5.02 Å². The first-order valence-corrected chi connectivity index (χ1v) is 11.5. The van der Waals surface area contributed by atoms with Gasteiger partial charge in [-0.3, -0.25) is 15.0 Å². The Kier molecular flexibility index (Phi) is 7.74. The van der Waals surface area contributed by atoms with Crippen molar-refractivity contribution in [1.82, 2.24) is 5.32 Å². The zero-order valence-electron chi connectivity index (χ0n) is 19.6. The van der Waals surface area contributed by atoms with Crippen molar-refractivity contribution in [3.05, 3.63) is 92.5 Å². The Labute approximate surface area is 224 Å². The first-order valence-electron chi connectivity index (χ1n) is 11.1. The predicted octanol–water partition coefficient (Wildman–Crippen LogP) is 6.69. The lowest BCUT2D eigenvalue weighted by atomic mass is 9.92. The van der Waals surface area contributed by atoms with E-state index in [1.807, 2.05) is 0 Å². The molecule has 0 fully saturated rings. The molecule has 1 aliphatic rings. The van der Waals surface area contributed by atoms with E-state index in [0.717, 1.165) is 24.3 Å². The Bertz CT molecular complexity index is 1540. The van der Waals surface area contributed by atoms with E-state index < -0.39 is 88.2 Å². The molecule has 3 aromatic rings. The summed E-state index contributed by atoms with van der Waals surface area (Å²) in [7, 11) is 0. The zero-order chi connectivity index (χ0) is 29.5. The quantitative estimate of drug-likeness (QED) is 0.182. The average molecular weight is 591 g/mol. The summed E-state index contributed by atoms with van der Waals surface area (Å²) in [5.41, 5.74) is -5.01. The molecule has 40 heavy (non-hydrogen) atoms. The van der Waals surface area contributed by atoms with Crippen LogP contribution >= 0.6 is 11.6 Å². The van der Waals surface area contributed by atoms with Crippen molar-refractivity contribution in [3.63, 3.8) is 0 Å². The molecule has 15 heteroatoms. The molecule has 4 N–H and O–H groups in total. The highest BCUT2D eigenvalue weighted by Crippen LogP contribution is 2.44. The lowest BCUT2D eigenvalue weighted by Gasteiger charge is -2.21. The van der Waals surface area contributed by atoms with Gasteiger partial charge in [-0.1, -0.05) is 11.6 Å². The molecule has 0 bridgehead atoms. The molecule has 1 aliphatic heterocycles. The van der Waals surface area contributed by atoms with Crippen LogP contribution in [0.1, 0.15) is 49.0 Å². The topological polar surface area (TPSA) is 94.1 Å². The monoisotopic (exact) mass is 590 g/mol. The maximum atomic E-state index is 14.4. The van der Waals surface area contributed by atoms with Crippen molar-refractivity contribution < 1.29 is 44.7 Å². The molecular weight excluding hydrogens is 576 g/mol. The standard InChI is InChI=1S/C25H15ClF8N4O2/c26-14-2-1-11(27)6-13(14)21-18-16(37-23(39)9-3-10(25(32,33)34)5-12(28)4-9)7-15(36-8-17(29)30)19(22(31)35)20(18)24(40)38-21/h1-7,17,21,35-36H,8H2,(H,37,39)(H,38,40). The normalized spacial score (nSPS) is 14.7. The molecular formula is C25H15ClF8N4O2. The number of rotatable bonds is 7. The van der Waals surface area contributed by atoms with Crippen LogP contribution in [-0.2, 0) is 6.18 Å². The third-order valence-corrected chi connectivity index (χ3v) is 6.17. The Hall–Kier alpha value is -4.20. The molecule has 210 valence electrons. The maximum Gasteiger partial charge on any atom is 0.416 e. The van der Waals surface area contributed by atoms with Gasteiger partial charge >= 0.3 is 6.18 Å². The fraction of sp³-hybridized carbons (Fsp3) is 0.160. The summed E-state index contributed by atoms with van der Waals surface area (Å²) in [6, 6.07) is 3.54. The summed E-state index contributed by atoms with van der Waals surface area (Å²) in [6.07, 6.45) is -7.99. The Morgan fingerprint density at radius 2 is 1.75 bits per heavy atom. The number of hydrogen-bond acceptors (Lipinski definition) is 4. The number of amides is 2. The van der Waals surface area contributed by atoms with Crippen molar-refractivity contribution in [2.75, 3.05) is 17.2 Å². The molecule has 0 spiro atoms. The van der Waals surface area contributed by atoms with Gasteiger partial charge < -0.3 is 16.0 Å². The third kappa shape index (κ3) is 5.71. The minimum atomic E-state index is -5.01. The van der Waals surface area contributed by atoms with E-state index in [1.54, 1.807) is 0 Å². The Morgan fingerprint density at radius 3 is 2.38 bits per heavy atom. The lowest BCUT2D eigenvalue weighted by molar-refractivity contribution is -0.137. The van der Waals surface area contributed by atoms with Gasteiger partial charge in [0.05, 0.1) is 29.3 Å². The highest BCUT2D eigenvalue weighted by atomic mass is 35.5. The summed E-state index contributed by atoms with van der Waals surface area (Å²) >= 11 is 6.17. The number of carbonyl (C=O) groups is 2. The van der Waals surface area contributed by atoms with Crippen LogP contribution in [0.4, 0.5) is 46.5 Å². The molecule has 1 heterocycles. The molecule has 3 aromatic carbocycles. The predicted molar refractivity (Wildman–Crippen MR) is 129 cm³/mol. The van der Waals surface area contributed by atoms with Crippen molar-refractivity contribution in [2.24, 2.45) is 0 Å². The molecule has 0 aliphatic carbocycles. The second kappa shape index (κ2) is 10.8. The smallest absolute Gasteiger partial charge is 0.379 e. The number of hydrogen-bond donors (Lipinski definition) is 4. The molecule has 0 saturated carbocycles. The van der Waals surface area contributed by atoms with Gasteiger partial charge in [-0.15, -0.1) is 0 Å². The number of alkyl halides is 5. The molecule has 2 amide bonds. The van der Waals surface area contributed by atoms with Crippen LogP contribution in [0.5, 0.6) is 0 Å². The van der Waals surface area contributed by atoms with Gasteiger partial charge in [-0.2, -0.15) is 17.6 Å². The molecule has 1 unspecified atom stereocenters. The SMILES string of the molecule is N=C(F)c1c(NCC(F)F)cc(NC(=O)c2cc(F)cc(C(F)(F)F)c2)c2c1C(=O)NC2c1cc(F)ccc1Cl. The van der Waals surface area contributed by atoms with Crippen LogP contribution in [0.15, 0.2) is 42.5 Å². The van der Waals surface area contributed by atoms with Crippen molar-refractivity contribution in [3.8, 4) is 0 Å². The first-order chi connectivity index (χ1) is 18.7. The number of carbonyl (C=O) groups excluding carboxylic acids is 2. The number of nitrogens with one attached hydrogen (secondary N) is 4. The fourth-order valence-corrected chi connectivity index (χ4v) is 4.44. The largest absolute Gasteiger partial charge is 0.416 e. The van der Waals surface area contributed by atoms with E-state index in [9.17, 15) is 44.7 Å². The van der Waals surface area contributed by atoms with E-state index in [-0.39, 0.29) is 22.2 Å². The van der Waals surface area contributed by atoms with Crippen LogP contribution in [-0.4, -0.2) is 30.8 Å². The number of anilines is 2. The first kappa shape index (κ1) is 28.8. The van der Waals surface area contributed by atoms with Crippen LogP contribution < -0.4 is 16.0 Å². The van der Waals surface area contributed by atoms with Gasteiger partial charge in [0.25, 0.3) is 18.2 Å². The summed E-state index contributed by atoms with van der Waals surface area (Å²) < 4.78 is 108. The summed E-state index contributed by atoms with van der Waals surface area (Å²) in [5.74, 6) is -6.31. The van der Waals surface area contributed by atoms with Gasteiger partial charge in [0.1, 0.15) is 11.6 Å². The maximum absolute atomic E-state index is 14.4. The molecule has 0 aromatic heterocycles. The summed E-state index contributed by atoms with van der Waals surface area (Å²) in [6.45, 7) is -1.08. The number of fused-ring (bicyclic) bond motifs is 1. The van der Waals surface area contributed by atoms with Crippen molar-refractivity contribution in [1.29, 1.82) is 5.41 Å². The van der Waals surface area contributed by atoms with E-state index in [2.05, 4.69) is 16.0 Å². The second-order valence-electron chi connectivity index (χ2n) is 8.47. The molecule has 6 nitrogen and oxygen atoms in total. The highest BCUT2D eigenvalue weighted by Gasteiger charge is 2.39. The van der Waals surface area contributed by atoms with E-state index in [0.29, 0.717) is 12.1 Å². The number of halogens is 9. The Morgan fingerprint density at radius 1 is 1.05 bits per heavy atom. The number of benzene rings is 3. The molecule has 1 atom stereocenters. The van der Waals surface area contributed by atoms with E-state index in [1.165, 1.54) is 0 Å². The molecule has 0 radical (unpaired) electrons. The van der Waals surface area contributed by atoms with Crippen LogP contribution in [0, 0.1) is 17.0 Å². The van der Waals surface area contributed by atoms with Gasteiger partial charge in [0.15, 0.2) is 0 Å². The molecule has 4 rings (SSSR count). The lowest BCUT2D eigenvalue weighted by Crippen LogP contribution is -2.21. The van der Waals surface area contributed by atoms with Gasteiger partial charge in [-0.05, 0) is 42.5 Å².